The summed E-state index contributed by atoms with van der Waals surface area (Å²) >= 11 is 0. The summed E-state index contributed by atoms with van der Waals surface area (Å²) in [5.74, 6) is -0.541. The number of amides is 1. The first-order valence-electron chi connectivity index (χ1n) is 5.13. The summed E-state index contributed by atoms with van der Waals surface area (Å²) in [4.78, 5) is 26.6. The lowest BCUT2D eigenvalue weighted by atomic mass is 10.2. The smallest absolute Gasteiger partial charge is 0.299 e. The summed E-state index contributed by atoms with van der Waals surface area (Å²) < 4.78 is 4.42. The number of carbonyl (C=O) groups is 1. The highest BCUT2D eigenvalue weighted by atomic mass is 16.7. The number of carbonyl (C=O) groups excluding carboxylic acids is 1. The third kappa shape index (κ3) is 2.43. The monoisotopic (exact) mass is 251 g/mol. The Bertz CT molecular complexity index is 589. The summed E-state index contributed by atoms with van der Waals surface area (Å²) in [7, 11) is 0. The first kappa shape index (κ1) is 12.0. The maximum absolute atomic E-state index is 11.7. The summed E-state index contributed by atoms with van der Waals surface area (Å²) in [6.45, 7) is -0.332. The molecule has 0 unspecified atom stereocenters. The minimum Gasteiger partial charge on any atom is -0.387 e. The van der Waals surface area contributed by atoms with Crippen LogP contribution in [0.4, 0.5) is 0 Å². The lowest BCUT2D eigenvalue weighted by Crippen LogP contribution is -2.26. The normalized spacial score (nSPS) is 10.3. The number of nitrogens with zero attached hydrogens (tertiary/aromatic N) is 2. The molecule has 3 N–H and O–H groups in total. The number of nitrogens with one attached hydrogen (secondary N) is 2. The van der Waals surface area contributed by atoms with E-state index in [4.69, 9.17) is 5.11 Å². The number of pyridine rings is 1. The molecular formula is C10H11N4O4+. The fourth-order valence-electron chi connectivity index (χ4n) is 1.38. The van der Waals surface area contributed by atoms with E-state index in [0.29, 0.717) is 0 Å². The first-order chi connectivity index (χ1) is 8.72. The van der Waals surface area contributed by atoms with Gasteiger partial charge in [0.25, 0.3) is 17.3 Å². The lowest BCUT2D eigenvalue weighted by Gasteiger charge is -2.01. The van der Waals surface area contributed by atoms with Gasteiger partial charge in [-0.3, -0.25) is 9.78 Å². The van der Waals surface area contributed by atoms with Crippen LogP contribution in [0.2, 0.25) is 0 Å². The molecule has 94 valence electrons. The molecule has 0 spiro atoms. The van der Waals surface area contributed by atoms with E-state index in [1.807, 2.05) is 0 Å². The number of aromatic amines is 1. The van der Waals surface area contributed by atoms with Crippen LogP contribution >= 0.6 is 0 Å². The Balaban J connectivity index is 2.06. The van der Waals surface area contributed by atoms with Crippen molar-refractivity contribution in [3.05, 3.63) is 46.4 Å². The summed E-state index contributed by atoms with van der Waals surface area (Å²) in [5, 5.41) is 13.7. The maximum Gasteiger partial charge on any atom is 0.299 e. The molecule has 8 heteroatoms. The van der Waals surface area contributed by atoms with Crippen molar-refractivity contribution in [2.75, 3.05) is 0 Å². The molecule has 0 saturated carbocycles. The highest BCUT2D eigenvalue weighted by Gasteiger charge is 2.25. The Morgan fingerprint density at radius 1 is 1.61 bits per heavy atom. The van der Waals surface area contributed by atoms with Gasteiger partial charge in [-0.2, -0.15) is 0 Å². The molecule has 0 atom stereocenters. The van der Waals surface area contributed by atoms with Crippen molar-refractivity contribution < 1.29 is 19.1 Å². The SMILES string of the molecule is O=C(NCc1cccnc1)c1[nH]o[n+](=O)c1CO. The van der Waals surface area contributed by atoms with Gasteiger partial charge in [0.1, 0.15) is 6.61 Å². The van der Waals surface area contributed by atoms with Crippen molar-refractivity contribution in [1.29, 1.82) is 0 Å². The van der Waals surface area contributed by atoms with Crippen LogP contribution < -0.4 is 9.92 Å². The van der Waals surface area contributed by atoms with E-state index in [-0.39, 0.29) is 22.5 Å². The van der Waals surface area contributed by atoms with E-state index in [1.165, 1.54) is 0 Å². The van der Waals surface area contributed by atoms with E-state index in [2.05, 4.69) is 20.1 Å². The number of hydrogen-bond donors (Lipinski definition) is 3. The molecule has 0 aromatic carbocycles. The average molecular weight is 251 g/mol. The number of H-pyrrole nitrogens is 1. The molecule has 0 aliphatic rings. The molecule has 0 bridgehead atoms. The van der Waals surface area contributed by atoms with Crippen molar-refractivity contribution in [2.24, 2.45) is 0 Å². The number of aromatic nitrogens is 3. The van der Waals surface area contributed by atoms with Crippen molar-refractivity contribution in [3.8, 4) is 0 Å². The van der Waals surface area contributed by atoms with Gasteiger partial charge >= 0.3 is 0 Å². The number of aliphatic hydroxyl groups is 1. The first-order valence-corrected chi connectivity index (χ1v) is 5.13. The van der Waals surface area contributed by atoms with Crippen LogP contribution in [0.3, 0.4) is 0 Å². The molecule has 1 amide bonds. The van der Waals surface area contributed by atoms with Crippen LogP contribution in [0.25, 0.3) is 0 Å². The van der Waals surface area contributed by atoms with Gasteiger partial charge in [0.05, 0.1) is 0 Å². The van der Waals surface area contributed by atoms with Crippen LogP contribution in [0.1, 0.15) is 21.7 Å². The molecule has 2 aromatic rings. The van der Waals surface area contributed by atoms with Gasteiger partial charge in [-0.15, -0.1) is 0 Å². The van der Waals surface area contributed by atoms with Crippen LogP contribution in [-0.2, 0) is 13.2 Å². The predicted molar refractivity (Wildman–Crippen MR) is 57.8 cm³/mol. The molecule has 0 radical (unpaired) electrons. The van der Waals surface area contributed by atoms with E-state index in [0.717, 1.165) is 5.56 Å². The van der Waals surface area contributed by atoms with E-state index in [1.54, 1.807) is 24.5 Å². The molecule has 0 aliphatic carbocycles. The highest BCUT2D eigenvalue weighted by molar-refractivity contribution is 5.92. The molecule has 18 heavy (non-hydrogen) atoms. The zero-order chi connectivity index (χ0) is 13.0. The fraction of sp³-hybridized carbons (Fsp3) is 0.200. The van der Waals surface area contributed by atoms with Crippen molar-refractivity contribution >= 4 is 5.91 Å². The molecule has 2 heterocycles. The standard InChI is InChI=1S/C10H10N4O4/c15-6-8-9(13-18-14(8)17)10(16)12-5-7-2-1-3-11-4-7/h1-4,15H,5-6H2,(H-,12,13,16,17)/p+1. The van der Waals surface area contributed by atoms with E-state index in [9.17, 15) is 9.70 Å². The predicted octanol–water partition coefficient (Wildman–Crippen LogP) is -0.660. The largest absolute Gasteiger partial charge is 0.387 e. The van der Waals surface area contributed by atoms with Crippen LogP contribution in [-0.4, -0.2) is 21.2 Å². The summed E-state index contributed by atoms with van der Waals surface area (Å²) in [6.07, 6.45) is 3.24. The van der Waals surface area contributed by atoms with Gasteiger partial charge in [-0.05, 0) is 16.5 Å². The molecule has 2 rings (SSSR count). The van der Waals surface area contributed by atoms with Gasteiger partial charge in [0.2, 0.25) is 0 Å². The van der Waals surface area contributed by atoms with E-state index < -0.39 is 12.5 Å². The fourth-order valence-corrected chi connectivity index (χ4v) is 1.38. The minimum absolute atomic E-state index is 0.0545. The lowest BCUT2D eigenvalue weighted by molar-refractivity contribution is -0.720. The zero-order valence-electron chi connectivity index (χ0n) is 9.29. The molecule has 0 aliphatic heterocycles. The second-order valence-corrected chi connectivity index (χ2v) is 3.47. The van der Waals surface area contributed by atoms with Gasteiger partial charge in [-0.1, -0.05) is 15.9 Å². The molecule has 0 fully saturated rings. The molecule has 2 aromatic heterocycles. The Labute approximate surface area is 101 Å². The Morgan fingerprint density at radius 2 is 2.44 bits per heavy atom. The number of aliphatic hydroxyl groups excluding tert-OH is 1. The van der Waals surface area contributed by atoms with Crippen LogP contribution in [0.5, 0.6) is 0 Å². The maximum atomic E-state index is 11.7. The number of hydrogen-bond acceptors (Lipinski definition) is 5. The van der Waals surface area contributed by atoms with Crippen molar-refractivity contribution in [1.82, 2.24) is 15.5 Å². The van der Waals surface area contributed by atoms with Crippen LogP contribution in [0.15, 0.2) is 29.2 Å². The molecular weight excluding hydrogens is 240 g/mol. The average Bonchev–Trinajstić information content (AvgIpc) is 2.78. The van der Waals surface area contributed by atoms with Crippen LogP contribution in [0, 0.1) is 4.91 Å². The second-order valence-electron chi connectivity index (χ2n) is 3.47. The van der Waals surface area contributed by atoms with Crippen molar-refractivity contribution in [2.45, 2.75) is 13.2 Å². The summed E-state index contributed by atoms with van der Waals surface area (Å²) in [5.41, 5.74) is 0.546. The second kappa shape index (κ2) is 5.23. The Hall–Kier alpha value is -2.48. The molecule has 8 nitrogen and oxygen atoms in total. The Kier molecular flexibility index (Phi) is 3.49. The number of rotatable bonds is 4. The van der Waals surface area contributed by atoms with Gasteiger partial charge in [0.15, 0.2) is 4.60 Å². The van der Waals surface area contributed by atoms with Gasteiger partial charge in [-0.25, -0.2) is 0 Å². The topological polar surface area (TPSA) is 114 Å². The Morgan fingerprint density at radius 3 is 3.11 bits per heavy atom. The quantitative estimate of drug-likeness (QED) is 0.667. The highest BCUT2D eigenvalue weighted by Crippen LogP contribution is 2.01. The molecule has 0 saturated heterocycles. The zero-order valence-corrected chi connectivity index (χ0v) is 9.29. The summed E-state index contributed by atoms with van der Waals surface area (Å²) in [6, 6.07) is 3.54. The third-order valence-electron chi connectivity index (χ3n) is 2.29. The van der Waals surface area contributed by atoms with E-state index >= 15 is 0 Å². The van der Waals surface area contributed by atoms with Crippen molar-refractivity contribution in [3.63, 3.8) is 0 Å². The van der Waals surface area contributed by atoms with Gasteiger partial charge < -0.3 is 10.4 Å². The van der Waals surface area contributed by atoms with Gasteiger partial charge in [0, 0.05) is 18.9 Å². The third-order valence-corrected chi connectivity index (χ3v) is 2.29. The minimum atomic E-state index is -0.591.